The molecule has 1 N–H and O–H groups in total. The second-order valence-electron chi connectivity index (χ2n) is 5.81. The van der Waals surface area contributed by atoms with Gasteiger partial charge in [0.15, 0.2) is 0 Å². The smallest absolute Gasteiger partial charge is 0.271 e. The molecule has 4 aromatic rings. The molecule has 0 fully saturated rings. The van der Waals surface area contributed by atoms with Crippen LogP contribution in [0.4, 0.5) is 0 Å². The first-order chi connectivity index (χ1) is 12.2. The lowest BCUT2D eigenvalue weighted by Gasteiger charge is -2.03. The highest BCUT2D eigenvalue weighted by Crippen LogP contribution is 2.29. The first kappa shape index (κ1) is 15.1. The Morgan fingerprint density at radius 3 is 2.40 bits per heavy atom. The van der Waals surface area contributed by atoms with Gasteiger partial charge in [-0.25, -0.2) is 5.43 Å². The van der Waals surface area contributed by atoms with E-state index in [1.807, 2.05) is 67.6 Å². The summed E-state index contributed by atoms with van der Waals surface area (Å²) < 4.78 is 5.83. The topological polar surface area (TPSA) is 54.6 Å². The summed E-state index contributed by atoms with van der Waals surface area (Å²) in [4.78, 5) is 12.1. The number of rotatable bonds is 3. The maximum atomic E-state index is 12.1. The molecule has 0 saturated carbocycles. The molecule has 4 rings (SSSR count). The quantitative estimate of drug-likeness (QED) is 0.436. The molecule has 0 aliphatic heterocycles. The van der Waals surface area contributed by atoms with E-state index in [4.69, 9.17) is 4.42 Å². The molecular weight excluding hydrogens is 312 g/mol. The van der Waals surface area contributed by atoms with E-state index in [0.717, 1.165) is 33.2 Å². The van der Waals surface area contributed by atoms with Gasteiger partial charge in [0, 0.05) is 16.3 Å². The molecule has 0 unspecified atom stereocenters. The van der Waals surface area contributed by atoms with Crippen LogP contribution in [0.25, 0.3) is 21.9 Å². The standard InChI is InChI=1S/C21H16N2O2/c1-14(22-23-21(24)15-7-3-2-4-8-15)16-11-12-20-18(13-16)17-9-5-6-10-19(17)25-20/h2-13H,1H3,(H,23,24). The van der Waals surface area contributed by atoms with Gasteiger partial charge in [-0.1, -0.05) is 36.4 Å². The first-order valence-electron chi connectivity index (χ1n) is 8.04. The summed E-state index contributed by atoms with van der Waals surface area (Å²) >= 11 is 0. The van der Waals surface area contributed by atoms with Crippen LogP contribution in [0, 0.1) is 0 Å². The zero-order chi connectivity index (χ0) is 17.2. The lowest BCUT2D eigenvalue weighted by Crippen LogP contribution is -2.19. The van der Waals surface area contributed by atoms with E-state index < -0.39 is 0 Å². The third-order valence-electron chi connectivity index (χ3n) is 4.16. The summed E-state index contributed by atoms with van der Waals surface area (Å²) in [5.74, 6) is -0.227. The Hall–Kier alpha value is -3.40. The van der Waals surface area contributed by atoms with Gasteiger partial charge in [0.2, 0.25) is 0 Å². The predicted molar refractivity (Wildman–Crippen MR) is 99.8 cm³/mol. The SMILES string of the molecule is CC(=NNC(=O)c1ccccc1)c1ccc2oc3ccccc3c2c1. The van der Waals surface area contributed by atoms with Crippen molar-refractivity contribution in [1.29, 1.82) is 0 Å². The summed E-state index contributed by atoms with van der Waals surface area (Å²) in [6, 6.07) is 22.9. The van der Waals surface area contributed by atoms with E-state index in [1.165, 1.54) is 0 Å². The number of amides is 1. The lowest BCUT2D eigenvalue weighted by molar-refractivity contribution is 0.0955. The van der Waals surface area contributed by atoms with Gasteiger partial charge in [0.1, 0.15) is 11.2 Å². The maximum absolute atomic E-state index is 12.1. The Morgan fingerprint density at radius 1 is 0.840 bits per heavy atom. The number of carbonyl (C=O) groups is 1. The summed E-state index contributed by atoms with van der Waals surface area (Å²) in [5, 5.41) is 6.34. The summed E-state index contributed by atoms with van der Waals surface area (Å²) in [6.07, 6.45) is 0. The third-order valence-corrected chi connectivity index (χ3v) is 4.16. The highest BCUT2D eigenvalue weighted by Gasteiger charge is 2.09. The molecular formula is C21H16N2O2. The van der Waals surface area contributed by atoms with Crippen LogP contribution in [0.3, 0.4) is 0 Å². The number of hydrazone groups is 1. The minimum Gasteiger partial charge on any atom is -0.456 e. The van der Waals surface area contributed by atoms with Crippen molar-refractivity contribution in [2.75, 3.05) is 0 Å². The highest BCUT2D eigenvalue weighted by molar-refractivity contribution is 6.09. The number of hydrogen-bond donors (Lipinski definition) is 1. The van der Waals surface area contributed by atoms with Gasteiger partial charge in [-0.05, 0) is 48.9 Å². The summed E-state index contributed by atoms with van der Waals surface area (Å²) in [7, 11) is 0. The van der Waals surface area contributed by atoms with Crippen molar-refractivity contribution in [3.05, 3.63) is 83.9 Å². The fraction of sp³-hybridized carbons (Fsp3) is 0.0476. The highest BCUT2D eigenvalue weighted by atomic mass is 16.3. The molecule has 0 aliphatic carbocycles. The van der Waals surface area contributed by atoms with Crippen LogP contribution in [0.1, 0.15) is 22.8 Å². The van der Waals surface area contributed by atoms with Crippen molar-refractivity contribution in [3.8, 4) is 0 Å². The van der Waals surface area contributed by atoms with E-state index in [-0.39, 0.29) is 5.91 Å². The second-order valence-corrected chi connectivity index (χ2v) is 5.81. The second kappa shape index (κ2) is 6.24. The molecule has 1 aromatic heterocycles. The molecule has 3 aromatic carbocycles. The Kier molecular flexibility index (Phi) is 3.78. The monoisotopic (exact) mass is 328 g/mol. The maximum Gasteiger partial charge on any atom is 0.271 e. The first-order valence-corrected chi connectivity index (χ1v) is 8.04. The molecule has 122 valence electrons. The number of hydrogen-bond acceptors (Lipinski definition) is 3. The average molecular weight is 328 g/mol. The van der Waals surface area contributed by atoms with Gasteiger partial charge in [-0.3, -0.25) is 4.79 Å². The van der Waals surface area contributed by atoms with Gasteiger partial charge in [-0.2, -0.15) is 5.10 Å². The van der Waals surface area contributed by atoms with Crippen molar-refractivity contribution < 1.29 is 9.21 Å². The fourth-order valence-electron chi connectivity index (χ4n) is 2.80. The van der Waals surface area contributed by atoms with Gasteiger partial charge in [0.25, 0.3) is 5.91 Å². The van der Waals surface area contributed by atoms with Crippen LogP contribution in [0.15, 0.2) is 82.3 Å². The molecule has 25 heavy (non-hydrogen) atoms. The average Bonchev–Trinajstić information content (AvgIpc) is 3.04. The van der Waals surface area contributed by atoms with Crippen LogP contribution in [-0.4, -0.2) is 11.6 Å². The number of nitrogens with zero attached hydrogens (tertiary/aromatic N) is 1. The van der Waals surface area contributed by atoms with Crippen LogP contribution in [0.2, 0.25) is 0 Å². The van der Waals surface area contributed by atoms with Crippen LogP contribution in [-0.2, 0) is 0 Å². The van der Waals surface area contributed by atoms with E-state index in [0.29, 0.717) is 5.56 Å². The number of carbonyl (C=O) groups excluding carboxylic acids is 1. The van der Waals surface area contributed by atoms with E-state index >= 15 is 0 Å². The van der Waals surface area contributed by atoms with E-state index in [2.05, 4.69) is 10.5 Å². The van der Waals surface area contributed by atoms with Crippen molar-refractivity contribution in [2.45, 2.75) is 6.92 Å². The fourth-order valence-corrected chi connectivity index (χ4v) is 2.80. The van der Waals surface area contributed by atoms with Crippen molar-refractivity contribution in [1.82, 2.24) is 5.43 Å². The largest absolute Gasteiger partial charge is 0.456 e. The molecule has 0 atom stereocenters. The Bertz CT molecular complexity index is 1090. The molecule has 0 saturated heterocycles. The molecule has 1 heterocycles. The van der Waals surface area contributed by atoms with Gasteiger partial charge in [0.05, 0.1) is 5.71 Å². The third kappa shape index (κ3) is 2.90. The van der Waals surface area contributed by atoms with Crippen LogP contribution >= 0.6 is 0 Å². The minimum absolute atomic E-state index is 0.227. The zero-order valence-corrected chi connectivity index (χ0v) is 13.7. The summed E-state index contributed by atoms with van der Waals surface area (Å²) in [5.41, 5.74) is 6.55. The number of benzene rings is 3. The van der Waals surface area contributed by atoms with Gasteiger partial charge in [-0.15, -0.1) is 0 Å². The molecule has 4 nitrogen and oxygen atoms in total. The molecule has 0 aliphatic rings. The van der Waals surface area contributed by atoms with Crippen LogP contribution in [0.5, 0.6) is 0 Å². The molecule has 4 heteroatoms. The Balaban J connectivity index is 1.64. The van der Waals surface area contributed by atoms with Crippen molar-refractivity contribution >= 4 is 33.6 Å². The Morgan fingerprint density at radius 2 is 1.56 bits per heavy atom. The number of nitrogens with one attached hydrogen (secondary N) is 1. The van der Waals surface area contributed by atoms with Crippen LogP contribution < -0.4 is 5.43 Å². The molecule has 1 amide bonds. The predicted octanol–water partition coefficient (Wildman–Crippen LogP) is 4.74. The number of fused-ring (bicyclic) bond motifs is 3. The van der Waals surface area contributed by atoms with E-state index in [9.17, 15) is 4.79 Å². The number of furan rings is 1. The van der Waals surface area contributed by atoms with Crippen molar-refractivity contribution in [2.24, 2.45) is 5.10 Å². The lowest BCUT2D eigenvalue weighted by atomic mass is 10.1. The Labute approximate surface area is 144 Å². The van der Waals surface area contributed by atoms with E-state index in [1.54, 1.807) is 12.1 Å². The number of para-hydroxylation sites is 1. The van der Waals surface area contributed by atoms with Gasteiger partial charge >= 0.3 is 0 Å². The normalized spacial score (nSPS) is 11.8. The zero-order valence-electron chi connectivity index (χ0n) is 13.7. The summed E-state index contributed by atoms with van der Waals surface area (Å²) in [6.45, 7) is 1.87. The molecule has 0 radical (unpaired) electrons. The minimum atomic E-state index is -0.227. The van der Waals surface area contributed by atoms with Crippen molar-refractivity contribution in [3.63, 3.8) is 0 Å². The molecule has 0 spiro atoms. The molecule has 0 bridgehead atoms. The van der Waals surface area contributed by atoms with Gasteiger partial charge < -0.3 is 4.42 Å².